The lowest BCUT2D eigenvalue weighted by atomic mass is 9.89. The minimum atomic E-state index is -3.73. The average Bonchev–Trinajstić information content (AvgIpc) is 2.60. The van der Waals surface area contributed by atoms with Crippen LogP contribution in [0.5, 0.6) is 5.75 Å². The van der Waals surface area contributed by atoms with Gasteiger partial charge in [-0.15, -0.1) is 0 Å². The van der Waals surface area contributed by atoms with E-state index in [0.29, 0.717) is 12.2 Å². The van der Waals surface area contributed by atoms with Crippen molar-refractivity contribution in [1.29, 1.82) is 0 Å². The van der Waals surface area contributed by atoms with Gasteiger partial charge in [0, 0.05) is 12.0 Å². The molecule has 0 saturated carbocycles. The number of hydrogen-bond donors (Lipinski definition) is 1. The molecule has 2 aromatic carbocycles. The van der Waals surface area contributed by atoms with Crippen LogP contribution in [0.3, 0.4) is 0 Å². The number of hydrogen-bond acceptors (Lipinski definition) is 4. The molecule has 2 aromatic rings. The fourth-order valence-electron chi connectivity index (χ4n) is 3.48. The number of sulfonamides is 1. The van der Waals surface area contributed by atoms with Crippen LogP contribution in [0.4, 0.5) is 10.1 Å². The molecule has 6 nitrogen and oxygen atoms in total. The van der Waals surface area contributed by atoms with Crippen LogP contribution in [0.25, 0.3) is 0 Å². The molecule has 0 saturated heterocycles. The molecule has 29 heavy (non-hydrogen) atoms. The third-order valence-electron chi connectivity index (χ3n) is 4.76. The number of ether oxygens (including phenoxy) is 1. The number of anilines is 1. The summed E-state index contributed by atoms with van der Waals surface area (Å²) >= 11 is 0. The predicted molar refractivity (Wildman–Crippen MR) is 110 cm³/mol. The summed E-state index contributed by atoms with van der Waals surface area (Å²) in [5.74, 6) is -0.228. The Labute approximate surface area is 170 Å². The van der Waals surface area contributed by atoms with Crippen LogP contribution < -0.4 is 14.4 Å². The smallest absolute Gasteiger partial charge is 0.241 e. The summed E-state index contributed by atoms with van der Waals surface area (Å²) in [6.45, 7) is 5.44. The van der Waals surface area contributed by atoms with Crippen LogP contribution in [0.15, 0.2) is 42.5 Å². The number of carbonyl (C=O) groups excluding carboxylic acids is 1. The summed E-state index contributed by atoms with van der Waals surface area (Å²) in [6.07, 6.45) is 1.56. The van der Waals surface area contributed by atoms with Crippen LogP contribution in [-0.4, -0.2) is 32.7 Å². The number of benzene rings is 2. The quantitative estimate of drug-likeness (QED) is 0.805. The van der Waals surface area contributed by atoms with Gasteiger partial charge in [0.15, 0.2) is 0 Å². The molecule has 0 fully saturated rings. The maximum Gasteiger partial charge on any atom is 0.241 e. The number of amides is 1. The zero-order valence-electron chi connectivity index (χ0n) is 16.9. The van der Waals surface area contributed by atoms with Gasteiger partial charge in [0.05, 0.1) is 18.0 Å². The van der Waals surface area contributed by atoms with E-state index in [9.17, 15) is 17.6 Å². The molecule has 0 bridgehead atoms. The van der Waals surface area contributed by atoms with Crippen molar-refractivity contribution in [2.24, 2.45) is 0 Å². The normalized spacial score (nSPS) is 17.8. The molecule has 156 valence electrons. The molecule has 8 heteroatoms. The Bertz CT molecular complexity index is 1020. The van der Waals surface area contributed by atoms with Crippen LogP contribution in [0, 0.1) is 12.7 Å². The maximum absolute atomic E-state index is 13.2. The van der Waals surface area contributed by atoms with E-state index in [4.69, 9.17) is 4.74 Å². The largest absolute Gasteiger partial charge is 0.487 e. The summed E-state index contributed by atoms with van der Waals surface area (Å²) in [5.41, 5.74) is 1.65. The summed E-state index contributed by atoms with van der Waals surface area (Å²) in [6, 6.07) is 10.5. The third-order valence-corrected chi connectivity index (χ3v) is 5.90. The molecule has 0 spiro atoms. The van der Waals surface area contributed by atoms with Gasteiger partial charge in [-0.1, -0.05) is 17.7 Å². The molecule has 1 aliphatic rings. The van der Waals surface area contributed by atoms with E-state index < -0.39 is 33.9 Å². The summed E-state index contributed by atoms with van der Waals surface area (Å²) < 4.78 is 44.6. The molecule has 0 unspecified atom stereocenters. The van der Waals surface area contributed by atoms with Crippen LogP contribution in [0.2, 0.25) is 0 Å². The van der Waals surface area contributed by atoms with Gasteiger partial charge < -0.3 is 10.1 Å². The second-order valence-corrected chi connectivity index (χ2v) is 9.88. The number of carbonyl (C=O) groups is 1. The fourth-order valence-corrected chi connectivity index (χ4v) is 4.34. The number of nitrogens with zero attached hydrogens (tertiary/aromatic N) is 1. The van der Waals surface area contributed by atoms with Crippen molar-refractivity contribution in [2.75, 3.05) is 17.1 Å². The van der Waals surface area contributed by atoms with Crippen molar-refractivity contribution in [3.05, 3.63) is 59.4 Å². The van der Waals surface area contributed by atoms with Crippen LogP contribution >= 0.6 is 0 Å². The topological polar surface area (TPSA) is 75.7 Å². The van der Waals surface area contributed by atoms with Gasteiger partial charge in [-0.05, 0) is 51.1 Å². The number of fused-ring (bicyclic) bond motifs is 1. The number of aryl methyl sites for hydroxylation is 1. The van der Waals surface area contributed by atoms with Crippen LogP contribution in [-0.2, 0) is 14.8 Å². The van der Waals surface area contributed by atoms with E-state index in [-0.39, 0.29) is 11.7 Å². The van der Waals surface area contributed by atoms with Gasteiger partial charge in [-0.2, -0.15) is 0 Å². The Morgan fingerprint density at radius 3 is 2.52 bits per heavy atom. The molecule has 0 aliphatic carbocycles. The lowest BCUT2D eigenvalue weighted by Gasteiger charge is -2.38. The Hall–Kier alpha value is -2.61. The Morgan fingerprint density at radius 2 is 1.90 bits per heavy atom. The van der Waals surface area contributed by atoms with Gasteiger partial charge in [0.2, 0.25) is 15.9 Å². The van der Waals surface area contributed by atoms with Crippen molar-refractivity contribution in [1.82, 2.24) is 5.32 Å². The zero-order chi connectivity index (χ0) is 21.4. The first-order valence-corrected chi connectivity index (χ1v) is 11.1. The lowest BCUT2D eigenvalue weighted by molar-refractivity contribution is -0.120. The van der Waals surface area contributed by atoms with E-state index in [0.717, 1.165) is 33.8 Å². The Balaban J connectivity index is 1.83. The monoisotopic (exact) mass is 420 g/mol. The predicted octanol–water partition coefficient (Wildman–Crippen LogP) is 3.32. The Kier molecular flexibility index (Phi) is 5.58. The molecule has 1 atom stereocenters. The van der Waals surface area contributed by atoms with Gasteiger partial charge in [0.1, 0.15) is 23.7 Å². The first-order valence-electron chi connectivity index (χ1n) is 9.27. The zero-order valence-corrected chi connectivity index (χ0v) is 17.7. The van der Waals surface area contributed by atoms with Crippen molar-refractivity contribution in [3.63, 3.8) is 0 Å². The van der Waals surface area contributed by atoms with Crippen molar-refractivity contribution >= 4 is 21.6 Å². The molecule has 1 aliphatic heterocycles. The van der Waals surface area contributed by atoms with Crippen molar-refractivity contribution < 1.29 is 22.3 Å². The minimum absolute atomic E-state index is 0.229. The van der Waals surface area contributed by atoms with Gasteiger partial charge in [-0.3, -0.25) is 9.10 Å². The molecule has 0 radical (unpaired) electrons. The Morgan fingerprint density at radius 1 is 1.24 bits per heavy atom. The standard InChI is InChI=1S/C21H25FN2O4S/c1-14-5-10-19-17(11-14)18(12-21(2,3)28-19)23-20(25)13-24(29(4,26)27)16-8-6-15(22)7-9-16/h5-11,18H,12-13H2,1-4H3,(H,23,25)/t18-/m1/s1. The van der Waals surface area contributed by atoms with Crippen molar-refractivity contribution in [2.45, 2.75) is 38.8 Å². The molecule has 3 rings (SSSR count). The van der Waals surface area contributed by atoms with Gasteiger partial charge in [0.25, 0.3) is 0 Å². The highest BCUT2D eigenvalue weighted by atomic mass is 32.2. The molecule has 1 heterocycles. The maximum atomic E-state index is 13.2. The van der Waals surface area contributed by atoms with E-state index in [1.165, 1.54) is 12.1 Å². The minimum Gasteiger partial charge on any atom is -0.487 e. The summed E-state index contributed by atoms with van der Waals surface area (Å²) in [7, 11) is -3.73. The van der Waals surface area contributed by atoms with Crippen molar-refractivity contribution in [3.8, 4) is 5.75 Å². The van der Waals surface area contributed by atoms with E-state index in [1.807, 2.05) is 39.0 Å². The number of halogens is 1. The summed E-state index contributed by atoms with van der Waals surface area (Å²) in [5, 5.41) is 2.94. The second kappa shape index (κ2) is 7.67. The number of rotatable bonds is 5. The lowest BCUT2D eigenvalue weighted by Crippen LogP contribution is -2.45. The van der Waals surface area contributed by atoms with Crippen LogP contribution in [0.1, 0.15) is 37.4 Å². The van der Waals surface area contributed by atoms with E-state index in [2.05, 4.69) is 5.32 Å². The summed E-state index contributed by atoms with van der Waals surface area (Å²) in [4.78, 5) is 12.8. The van der Waals surface area contributed by atoms with Gasteiger partial charge >= 0.3 is 0 Å². The van der Waals surface area contributed by atoms with Gasteiger partial charge in [-0.25, -0.2) is 12.8 Å². The molecule has 1 amide bonds. The fraction of sp³-hybridized carbons (Fsp3) is 0.381. The molecular weight excluding hydrogens is 395 g/mol. The first kappa shape index (κ1) is 21.1. The van der Waals surface area contributed by atoms with E-state index in [1.54, 1.807) is 0 Å². The highest BCUT2D eigenvalue weighted by molar-refractivity contribution is 7.92. The second-order valence-electron chi connectivity index (χ2n) is 7.97. The SMILES string of the molecule is Cc1ccc2c(c1)[C@H](NC(=O)CN(c1ccc(F)cc1)S(C)(=O)=O)CC(C)(C)O2. The number of nitrogens with one attached hydrogen (secondary N) is 1. The molecular formula is C21H25FN2O4S. The average molecular weight is 421 g/mol. The first-order chi connectivity index (χ1) is 13.4. The highest BCUT2D eigenvalue weighted by Gasteiger charge is 2.35. The molecule has 0 aromatic heterocycles. The highest BCUT2D eigenvalue weighted by Crippen LogP contribution is 2.39. The van der Waals surface area contributed by atoms with E-state index >= 15 is 0 Å². The third kappa shape index (κ3) is 5.06. The molecule has 1 N–H and O–H groups in total.